The van der Waals surface area contributed by atoms with Crippen LogP contribution in [0.3, 0.4) is 0 Å². The lowest BCUT2D eigenvalue weighted by molar-refractivity contribution is 0.409. The number of methoxy groups -OCH3 is 1. The summed E-state index contributed by atoms with van der Waals surface area (Å²) in [5.74, 6) is 1.91. The second-order valence-electron chi connectivity index (χ2n) is 3.62. The monoisotopic (exact) mass is 327 g/mol. The van der Waals surface area contributed by atoms with Crippen molar-refractivity contribution < 1.29 is 9.47 Å². The highest BCUT2D eigenvalue weighted by atomic mass is 79.9. The molecule has 0 heterocycles. The van der Waals surface area contributed by atoms with Crippen LogP contribution in [0.1, 0.15) is 0 Å². The normalized spacial score (nSPS) is 10.2. The number of nitrogen functional groups attached to an aromatic ring is 1. The van der Waals surface area contributed by atoms with Crippen molar-refractivity contribution in [1.29, 1.82) is 0 Å². The topological polar surface area (TPSA) is 44.5 Å². The lowest BCUT2D eigenvalue weighted by Gasteiger charge is -2.10. The molecule has 2 N–H and O–H groups in total. The predicted octanol–water partition coefficient (Wildman–Crippen LogP) is 4.49. The van der Waals surface area contributed by atoms with Crippen molar-refractivity contribution in [3.8, 4) is 17.2 Å². The molecule has 0 saturated heterocycles. The Kier molecular flexibility index (Phi) is 3.99. The van der Waals surface area contributed by atoms with Crippen LogP contribution in [-0.4, -0.2) is 7.11 Å². The zero-order valence-electron chi connectivity index (χ0n) is 9.61. The molecule has 3 nitrogen and oxygen atoms in total. The van der Waals surface area contributed by atoms with E-state index in [1.54, 1.807) is 43.5 Å². The van der Waals surface area contributed by atoms with E-state index in [4.69, 9.17) is 26.8 Å². The van der Waals surface area contributed by atoms with Crippen LogP contribution in [0.25, 0.3) is 0 Å². The van der Waals surface area contributed by atoms with E-state index in [-0.39, 0.29) is 0 Å². The molecule has 2 aromatic carbocycles. The van der Waals surface area contributed by atoms with Crippen molar-refractivity contribution >= 4 is 33.2 Å². The van der Waals surface area contributed by atoms with Crippen LogP contribution in [0.15, 0.2) is 40.9 Å². The van der Waals surface area contributed by atoms with Gasteiger partial charge in [-0.3, -0.25) is 0 Å². The SMILES string of the molecule is COc1cc(N)cc(Oc2ccc(Cl)cc2Br)c1. The van der Waals surface area contributed by atoms with Gasteiger partial charge in [0, 0.05) is 28.9 Å². The second kappa shape index (κ2) is 5.50. The van der Waals surface area contributed by atoms with Gasteiger partial charge in [0.1, 0.15) is 17.2 Å². The molecule has 0 saturated carbocycles. The summed E-state index contributed by atoms with van der Waals surface area (Å²) in [5.41, 5.74) is 6.34. The molecule has 0 aromatic heterocycles. The molecule has 0 bridgehead atoms. The number of hydrogen-bond acceptors (Lipinski definition) is 3. The number of anilines is 1. The van der Waals surface area contributed by atoms with Gasteiger partial charge in [-0.2, -0.15) is 0 Å². The molecule has 0 aliphatic heterocycles. The zero-order chi connectivity index (χ0) is 13.1. The molecule has 0 fully saturated rings. The van der Waals surface area contributed by atoms with E-state index < -0.39 is 0 Å². The molecule has 0 radical (unpaired) electrons. The van der Waals surface area contributed by atoms with Gasteiger partial charge in [0.25, 0.3) is 0 Å². The van der Waals surface area contributed by atoms with Gasteiger partial charge in [-0.25, -0.2) is 0 Å². The van der Waals surface area contributed by atoms with Crippen LogP contribution in [0.2, 0.25) is 5.02 Å². The van der Waals surface area contributed by atoms with Gasteiger partial charge in [0.15, 0.2) is 0 Å². The standard InChI is InChI=1S/C13H11BrClNO2/c1-17-10-5-9(16)6-11(7-10)18-13-3-2-8(15)4-12(13)14/h2-7H,16H2,1H3. The van der Waals surface area contributed by atoms with Gasteiger partial charge in [0.2, 0.25) is 0 Å². The third-order valence-electron chi connectivity index (χ3n) is 2.26. The van der Waals surface area contributed by atoms with Crippen LogP contribution in [0.4, 0.5) is 5.69 Å². The van der Waals surface area contributed by atoms with E-state index in [2.05, 4.69) is 15.9 Å². The van der Waals surface area contributed by atoms with Crippen LogP contribution in [-0.2, 0) is 0 Å². The summed E-state index contributed by atoms with van der Waals surface area (Å²) in [4.78, 5) is 0. The number of rotatable bonds is 3. The zero-order valence-corrected chi connectivity index (χ0v) is 12.0. The Morgan fingerprint density at radius 1 is 1.11 bits per heavy atom. The maximum atomic E-state index is 5.87. The lowest BCUT2D eigenvalue weighted by Crippen LogP contribution is -1.91. The van der Waals surface area contributed by atoms with Crippen molar-refractivity contribution in [2.45, 2.75) is 0 Å². The molecular formula is C13H11BrClNO2. The summed E-state index contributed by atoms with van der Waals surface area (Å²) in [6, 6.07) is 10.5. The predicted molar refractivity (Wildman–Crippen MR) is 76.6 cm³/mol. The van der Waals surface area contributed by atoms with E-state index >= 15 is 0 Å². The molecule has 2 aromatic rings. The fraction of sp³-hybridized carbons (Fsp3) is 0.0769. The van der Waals surface area contributed by atoms with E-state index in [1.807, 2.05) is 0 Å². The van der Waals surface area contributed by atoms with E-state index in [0.29, 0.717) is 28.0 Å². The minimum Gasteiger partial charge on any atom is -0.497 e. The Bertz CT molecular complexity index is 575. The van der Waals surface area contributed by atoms with Crippen LogP contribution >= 0.6 is 27.5 Å². The number of hydrogen-bond donors (Lipinski definition) is 1. The first kappa shape index (κ1) is 13.1. The van der Waals surface area contributed by atoms with Gasteiger partial charge in [0.05, 0.1) is 11.6 Å². The number of ether oxygens (including phenoxy) is 2. The highest BCUT2D eigenvalue weighted by Crippen LogP contribution is 2.34. The Morgan fingerprint density at radius 3 is 2.50 bits per heavy atom. The lowest BCUT2D eigenvalue weighted by atomic mass is 10.3. The van der Waals surface area contributed by atoms with Gasteiger partial charge < -0.3 is 15.2 Å². The van der Waals surface area contributed by atoms with Gasteiger partial charge in [-0.1, -0.05) is 11.6 Å². The van der Waals surface area contributed by atoms with Gasteiger partial charge in [-0.15, -0.1) is 0 Å². The Morgan fingerprint density at radius 2 is 1.83 bits per heavy atom. The summed E-state index contributed by atoms with van der Waals surface area (Å²) in [7, 11) is 1.58. The van der Waals surface area contributed by atoms with E-state index in [1.165, 1.54) is 0 Å². The highest BCUT2D eigenvalue weighted by Gasteiger charge is 2.05. The smallest absolute Gasteiger partial charge is 0.141 e. The number of benzene rings is 2. The summed E-state index contributed by atoms with van der Waals surface area (Å²) < 4.78 is 11.6. The average Bonchev–Trinajstić information content (AvgIpc) is 2.32. The van der Waals surface area contributed by atoms with Crippen LogP contribution in [0.5, 0.6) is 17.2 Å². The first-order valence-electron chi connectivity index (χ1n) is 5.16. The van der Waals surface area contributed by atoms with Crippen LogP contribution < -0.4 is 15.2 Å². The first-order chi connectivity index (χ1) is 8.58. The summed E-state index contributed by atoms with van der Waals surface area (Å²) in [6.45, 7) is 0. The molecule has 0 aliphatic carbocycles. The molecule has 0 unspecified atom stereocenters. The highest BCUT2D eigenvalue weighted by molar-refractivity contribution is 9.10. The average molecular weight is 329 g/mol. The minimum absolute atomic E-state index is 0.578. The second-order valence-corrected chi connectivity index (χ2v) is 4.91. The maximum absolute atomic E-state index is 5.87. The fourth-order valence-electron chi connectivity index (χ4n) is 1.46. The number of nitrogens with two attached hydrogens (primary N) is 1. The molecule has 0 atom stereocenters. The fourth-order valence-corrected chi connectivity index (χ4v) is 2.22. The van der Waals surface area contributed by atoms with E-state index in [0.717, 1.165) is 4.47 Å². The molecule has 18 heavy (non-hydrogen) atoms. The molecule has 0 amide bonds. The van der Waals surface area contributed by atoms with Crippen molar-refractivity contribution in [3.63, 3.8) is 0 Å². The molecule has 5 heteroatoms. The number of halogens is 2. The minimum atomic E-state index is 0.578. The van der Waals surface area contributed by atoms with Gasteiger partial charge in [-0.05, 0) is 34.1 Å². The molecule has 94 valence electrons. The quantitative estimate of drug-likeness (QED) is 0.845. The first-order valence-corrected chi connectivity index (χ1v) is 6.33. The Balaban J connectivity index is 2.30. The molecule has 0 aliphatic rings. The molecule has 0 spiro atoms. The maximum Gasteiger partial charge on any atom is 0.141 e. The van der Waals surface area contributed by atoms with Gasteiger partial charge >= 0.3 is 0 Å². The third-order valence-corrected chi connectivity index (χ3v) is 3.11. The van der Waals surface area contributed by atoms with Crippen molar-refractivity contribution in [3.05, 3.63) is 45.9 Å². The Hall–Kier alpha value is -1.39. The summed E-state index contributed by atoms with van der Waals surface area (Å²) >= 11 is 9.25. The third kappa shape index (κ3) is 3.09. The molecule has 2 rings (SSSR count). The van der Waals surface area contributed by atoms with Crippen molar-refractivity contribution in [1.82, 2.24) is 0 Å². The summed E-state index contributed by atoms with van der Waals surface area (Å²) in [5, 5.41) is 0.638. The van der Waals surface area contributed by atoms with Crippen molar-refractivity contribution in [2.24, 2.45) is 0 Å². The molecular weight excluding hydrogens is 318 g/mol. The largest absolute Gasteiger partial charge is 0.497 e. The Labute approximate surface area is 119 Å². The summed E-state index contributed by atoms with van der Waals surface area (Å²) in [6.07, 6.45) is 0. The van der Waals surface area contributed by atoms with E-state index in [9.17, 15) is 0 Å². The van der Waals surface area contributed by atoms with Crippen LogP contribution in [0, 0.1) is 0 Å². The van der Waals surface area contributed by atoms with Crippen molar-refractivity contribution in [2.75, 3.05) is 12.8 Å².